The molecule has 0 fully saturated rings. The molecule has 0 spiro atoms. The maximum absolute atomic E-state index is 12.1. The van der Waals surface area contributed by atoms with Crippen LogP contribution in [0.2, 0.25) is 0 Å². The predicted molar refractivity (Wildman–Crippen MR) is 71.9 cm³/mol. The number of alkyl halides is 3. The van der Waals surface area contributed by atoms with Crippen LogP contribution in [0.15, 0.2) is 6.07 Å². The third-order valence-electron chi connectivity index (χ3n) is 2.67. The summed E-state index contributed by atoms with van der Waals surface area (Å²) in [5, 5.41) is 2.44. The van der Waals surface area contributed by atoms with Crippen LogP contribution < -0.4 is 11.1 Å². The van der Waals surface area contributed by atoms with Gasteiger partial charge in [-0.1, -0.05) is 0 Å². The van der Waals surface area contributed by atoms with Gasteiger partial charge in [0.25, 0.3) is 5.91 Å². The summed E-state index contributed by atoms with van der Waals surface area (Å²) in [7, 11) is 0. The van der Waals surface area contributed by atoms with Crippen LogP contribution in [-0.4, -0.2) is 23.6 Å². The van der Waals surface area contributed by atoms with Crippen LogP contribution in [0.4, 0.5) is 18.9 Å². The van der Waals surface area contributed by atoms with Crippen molar-refractivity contribution in [1.29, 1.82) is 0 Å². The first kappa shape index (κ1) is 14.6. The van der Waals surface area contributed by atoms with Crippen LogP contribution in [0.1, 0.15) is 21.1 Å². The lowest BCUT2D eigenvalue weighted by Gasteiger charge is -2.07. The van der Waals surface area contributed by atoms with Gasteiger partial charge in [0.1, 0.15) is 11.4 Å². The minimum atomic E-state index is -4.45. The van der Waals surface area contributed by atoms with Crippen LogP contribution in [0.3, 0.4) is 0 Å². The average Bonchev–Trinajstić information content (AvgIpc) is 2.62. The van der Waals surface area contributed by atoms with Gasteiger partial charge < -0.3 is 11.1 Å². The third-order valence-corrected chi connectivity index (χ3v) is 3.83. The molecule has 0 saturated heterocycles. The largest absolute Gasteiger partial charge is 0.405 e. The number of nitrogens with zero attached hydrogens (tertiary/aromatic N) is 1. The van der Waals surface area contributed by atoms with E-state index in [1.807, 2.05) is 5.32 Å². The molecule has 0 bridgehead atoms. The number of pyridine rings is 1. The molecule has 4 nitrogen and oxygen atoms in total. The minimum Gasteiger partial charge on any atom is -0.397 e. The number of hydrogen-bond donors (Lipinski definition) is 2. The molecule has 2 heterocycles. The van der Waals surface area contributed by atoms with Crippen molar-refractivity contribution in [3.05, 3.63) is 22.3 Å². The lowest BCUT2D eigenvalue weighted by molar-refractivity contribution is -0.123. The Balaban J connectivity index is 2.38. The Morgan fingerprint density at radius 1 is 1.45 bits per heavy atom. The Labute approximate surface area is 116 Å². The number of halogens is 3. The molecule has 20 heavy (non-hydrogen) atoms. The summed E-state index contributed by atoms with van der Waals surface area (Å²) < 4.78 is 37.0. The summed E-state index contributed by atoms with van der Waals surface area (Å²) >= 11 is 1.07. The van der Waals surface area contributed by atoms with Gasteiger partial charge in [0.2, 0.25) is 0 Å². The van der Waals surface area contributed by atoms with Gasteiger partial charge in [-0.15, -0.1) is 11.3 Å². The summed E-state index contributed by atoms with van der Waals surface area (Å²) in [4.78, 5) is 16.1. The van der Waals surface area contributed by atoms with Gasteiger partial charge in [0, 0.05) is 21.5 Å². The molecule has 1 amide bonds. The Bertz CT molecular complexity index is 679. The fourth-order valence-corrected chi connectivity index (χ4v) is 3.09. The zero-order chi connectivity index (χ0) is 15.1. The van der Waals surface area contributed by atoms with Crippen LogP contribution >= 0.6 is 11.3 Å². The zero-order valence-corrected chi connectivity index (χ0v) is 11.6. The molecular formula is C12H12F3N3OS. The van der Waals surface area contributed by atoms with E-state index in [4.69, 9.17) is 5.73 Å². The van der Waals surface area contributed by atoms with Crippen molar-refractivity contribution in [3.8, 4) is 0 Å². The fourth-order valence-electron chi connectivity index (χ4n) is 1.91. The van der Waals surface area contributed by atoms with Crippen molar-refractivity contribution in [2.45, 2.75) is 20.0 Å². The van der Waals surface area contributed by atoms with E-state index in [1.165, 1.54) is 0 Å². The Hall–Kier alpha value is -1.83. The number of rotatable bonds is 2. The van der Waals surface area contributed by atoms with E-state index < -0.39 is 18.6 Å². The maximum Gasteiger partial charge on any atom is 0.405 e. The van der Waals surface area contributed by atoms with Crippen molar-refractivity contribution >= 4 is 33.0 Å². The number of hydrogen-bond acceptors (Lipinski definition) is 4. The van der Waals surface area contributed by atoms with Crippen LogP contribution in [0.25, 0.3) is 10.1 Å². The molecule has 0 aliphatic carbocycles. The van der Waals surface area contributed by atoms with E-state index in [0.717, 1.165) is 21.7 Å². The molecule has 8 heteroatoms. The number of nitrogen functional groups attached to an aromatic ring is 1. The normalized spacial score (nSPS) is 11.8. The summed E-state index contributed by atoms with van der Waals surface area (Å²) in [6.07, 6.45) is -4.45. The number of aryl methyl sites for hydroxylation is 2. The van der Waals surface area contributed by atoms with Crippen molar-refractivity contribution in [3.63, 3.8) is 0 Å². The maximum atomic E-state index is 12.1. The second kappa shape index (κ2) is 4.93. The monoisotopic (exact) mass is 303 g/mol. The average molecular weight is 303 g/mol. The van der Waals surface area contributed by atoms with Crippen molar-refractivity contribution in [2.75, 3.05) is 12.3 Å². The van der Waals surface area contributed by atoms with Gasteiger partial charge in [-0.25, -0.2) is 0 Å². The number of nitrogens with one attached hydrogen (secondary N) is 1. The summed E-state index contributed by atoms with van der Waals surface area (Å²) in [5.41, 5.74) is 7.45. The number of thiophene rings is 1. The molecule has 2 aromatic heterocycles. The third kappa shape index (κ3) is 2.84. The highest BCUT2D eigenvalue weighted by Gasteiger charge is 2.29. The standard InChI is InChI=1S/C12H12F3N3OS/c1-5-3-7-8(6(2)18-5)9(16)10(20-7)11(19)17-4-12(13,14)15/h3H,4,16H2,1-2H3,(H,17,19). The summed E-state index contributed by atoms with van der Waals surface area (Å²) in [6, 6.07) is 1.75. The van der Waals surface area contributed by atoms with Crippen LogP contribution in [0, 0.1) is 13.8 Å². The van der Waals surface area contributed by atoms with E-state index in [9.17, 15) is 18.0 Å². The SMILES string of the molecule is Cc1cc2sc(C(=O)NCC(F)(F)F)c(N)c2c(C)n1. The summed E-state index contributed by atoms with van der Waals surface area (Å²) in [6.45, 7) is 2.16. The van der Waals surface area contributed by atoms with E-state index >= 15 is 0 Å². The predicted octanol–water partition coefficient (Wildman–Crippen LogP) is 2.79. The Morgan fingerprint density at radius 3 is 2.70 bits per heavy atom. The molecule has 3 N–H and O–H groups in total. The van der Waals surface area contributed by atoms with Crippen molar-refractivity contribution in [1.82, 2.24) is 10.3 Å². The number of aromatic nitrogens is 1. The first-order chi connectivity index (χ1) is 9.19. The van der Waals surface area contributed by atoms with Crippen molar-refractivity contribution < 1.29 is 18.0 Å². The van der Waals surface area contributed by atoms with Gasteiger partial charge in [-0.2, -0.15) is 13.2 Å². The van der Waals surface area contributed by atoms with E-state index in [0.29, 0.717) is 11.1 Å². The molecule has 2 rings (SSSR count). The molecule has 0 atom stereocenters. The summed E-state index contributed by atoms with van der Waals surface area (Å²) in [5.74, 6) is -0.821. The lowest BCUT2D eigenvalue weighted by Crippen LogP contribution is -2.33. The zero-order valence-electron chi connectivity index (χ0n) is 10.8. The van der Waals surface area contributed by atoms with E-state index in [1.54, 1.807) is 19.9 Å². The number of carbonyl (C=O) groups excluding carboxylic acids is 1. The number of anilines is 1. The van der Waals surface area contributed by atoms with Gasteiger partial charge in [0.05, 0.1) is 5.69 Å². The highest BCUT2D eigenvalue weighted by molar-refractivity contribution is 7.21. The lowest BCUT2D eigenvalue weighted by atomic mass is 10.2. The van der Waals surface area contributed by atoms with Crippen LogP contribution in [0.5, 0.6) is 0 Å². The molecule has 0 unspecified atom stereocenters. The highest BCUT2D eigenvalue weighted by Crippen LogP contribution is 2.35. The van der Waals surface area contributed by atoms with E-state index in [-0.39, 0.29) is 10.6 Å². The first-order valence-electron chi connectivity index (χ1n) is 5.70. The quantitative estimate of drug-likeness (QED) is 0.896. The highest BCUT2D eigenvalue weighted by atomic mass is 32.1. The molecular weight excluding hydrogens is 291 g/mol. The molecule has 0 aromatic carbocycles. The minimum absolute atomic E-state index is 0.0831. The topological polar surface area (TPSA) is 68.0 Å². The molecule has 0 aliphatic heterocycles. The second-order valence-electron chi connectivity index (χ2n) is 4.36. The Kier molecular flexibility index (Phi) is 3.59. The second-order valence-corrected chi connectivity index (χ2v) is 5.42. The fraction of sp³-hybridized carbons (Fsp3) is 0.333. The molecule has 0 aliphatic rings. The number of carbonyl (C=O) groups is 1. The number of nitrogens with two attached hydrogens (primary N) is 1. The van der Waals surface area contributed by atoms with E-state index in [2.05, 4.69) is 4.98 Å². The van der Waals surface area contributed by atoms with Gasteiger partial charge in [0.15, 0.2) is 0 Å². The van der Waals surface area contributed by atoms with Gasteiger partial charge in [-0.3, -0.25) is 9.78 Å². The van der Waals surface area contributed by atoms with Gasteiger partial charge >= 0.3 is 6.18 Å². The number of fused-ring (bicyclic) bond motifs is 1. The number of amides is 1. The first-order valence-corrected chi connectivity index (χ1v) is 6.52. The molecule has 0 saturated carbocycles. The molecule has 2 aromatic rings. The van der Waals surface area contributed by atoms with Crippen LogP contribution in [-0.2, 0) is 0 Å². The molecule has 0 radical (unpaired) electrons. The molecule has 108 valence electrons. The van der Waals surface area contributed by atoms with Gasteiger partial charge in [-0.05, 0) is 19.9 Å². The Morgan fingerprint density at radius 2 is 2.10 bits per heavy atom. The van der Waals surface area contributed by atoms with Crippen molar-refractivity contribution in [2.24, 2.45) is 0 Å². The smallest absolute Gasteiger partial charge is 0.397 e.